The van der Waals surface area contributed by atoms with Gasteiger partial charge in [-0.05, 0) is 18.0 Å². The second-order valence-electron chi connectivity index (χ2n) is 4.75. The van der Waals surface area contributed by atoms with E-state index in [4.69, 9.17) is 16.3 Å². The molecular formula is C12H15ClN4O4. The maximum atomic E-state index is 11.4. The van der Waals surface area contributed by atoms with Crippen LogP contribution in [0.2, 0.25) is 5.28 Å². The average molecular weight is 315 g/mol. The smallest absolute Gasteiger partial charge is 0.329 e. The van der Waals surface area contributed by atoms with Gasteiger partial charge in [0, 0.05) is 26.3 Å². The van der Waals surface area contributed by atoms with Gasteiger partial charge in [-0.3, -0.25) is 14.9 Å². The normalized spacial score (nSPS) is 21.4. The number of nitro groups is 1. The molecule has 1 atom stereocenters. The SMILES string of the molecule is CC[C@]1(OC(C)=O)CCCN1c1nc(Cl)ncc1[N+](=O)[O-]. The molecule has 0 amide bonds. The molecule has 0 unspecified atom stereocenters. The summed E-state index contributed by atoms with van der Waals surface area (Å²) in [5, 5.41) is 11.1. The molecule has 9 heteroatoms. The maximum Gasteiger partial charge on any atom is 0.329 e. The predicted molar refractivity (Wildman–Crippen MR) is 75.1 cm³/mol. The van der Waals surface area contributed by atoms with Gasteiger partial charge in [0.05, 0.1) is 4.92 Å². The summed E-state index contributed by atoms with van der Waals surface area (Å²) in [6, 6.07) is 0. The van der Waals surface area contributed by atoms with Crippen LogP contribution in [-0.2, 0) is 9.53 Å². The van der Waals surface area contributed by atoms with Gasteiger partial charge in [-0.1, -0.05) is 6.92 Å². The summed E-state index contributed by atoms with van der Waals surface area (Å²) in [7, 11) is 0. The van der Waals surface area contributed by atoms with Crippen LogP contribution < -0.4 is 4.90 Å². The molecule has 8 nitrogen and oxygen atoms in total. The molecule has 1 saturated heterocycles. The number of halogens is 1. The average Bonchev–Trinajstić information content (AvgIpc) is 2.81. The van der Waals surface area contributed by atoms with Crippen molar-refractivity contribution in [1.29, 1.82) is 0 Å². The summed E-state index contributed by atoms with van der Waals surface area (Å²) < 4.78 is 5.45. The van der Waals surface area contributed by atoms with Crippen LogP contribution >= 0.6 is 11.6 Å². The molecule has 1 fully saturated rings. The number of anilines is 1. The lowest BCUT2D eigenvalue weighted by Gasteiger charge is -2.37. The zero-order chi connectivity index (χ0) is 15.6. The highest BCUT2D eigenvalue weighted by Crippen LogP contribution is 2.40. The van der Waals surface area contributed by atoms with E-state index in [0.717, 1.165) is 12.6 Å². The molecule has 1 aliphatic heterocycles. The molecule has 1 aromatic rings. The Morgan fingerprint density at radius 2 is 2.38 bits per heavy atom. The predicted octanol–water partition coefficient (Wildman–Crippen LogP) is 2.31. The molecule has 114 valence electrons. The van der Waals surface area contributed by atoms with Gasteiger partial charge >= 0.3 is 11.7 Å². The quantitative estimate of drug-likeness (QED) is 0.364. The molecule has 0 radical (unpaired) electrons. The van der Waals surface area contributed by atoms with E-state index in [-0.39, 0.29) is 16.8 Å². The first kappa shape index (κ1) is 15.4. The number of ether oxygens (including phenoxy) is 1. The third-order valence-electron chi connectivity index (χ3n) is 3.50. The highest BCUT2D eigenvalue weighted by molar-refractivity contribution is 6.28. The molecule has 0 N–H and O–H groups in total. The van der Waals surface area contributed by atoms with E-state index >= 15 is 0 Å². The first-order valence-electron chi connectivity index (χ1n) is 6.54. The van der Waals surface area contributed by atoms with E-state index in [9.17, 15) is 14.9 Å². The van der Waals surface area contributed by atoms with Crippen molar-refractivity contribution in [2.75, 3.05) is 11.4 Å². The Kier molecular flexibility index (Phi) is 4.26. The van der Waals surface area contributed by atoms with Gasteiger partial charge in [0.1, 0.15) is 6.20 Å². The van der Waals surface area contributed by atoms with Crippen molar-refractivity contribution in [3.05, 3.63) is 21.6 Å². The first-order valence-corrected chi connectivity index (χ1v) is 6.91. The second kappa shape index (κ2) is 5.80. The lowest BCUT2D eigenvalue weighted by Crippen LogP contribution is -2.47. The number of aromatic nitrogens is 2. The number of carbonyl (C=O) groups excluding carboxylic acids is 1. The molecule has 21 heavy (non-hydrogen) atoms. The van der Waals surface area contributed by atoms with Gasteiger partial charge in [-0.25, -0.2) is 4.98 Å². The number of nitrogens with zero attached hydrogens (tertiary/aromatic N) is 4. The summed E-state index contributed by atoms with van der Waals surface area (Å²) in [6.07, 6.45) is 2.88. The van der Waals surface area contributed by atoms with Gasteiger partial charge in [0.2, 0.25) is 11.1 Å². The highest BCUT2D eigenvalue weighted by Gasteiger charge is 2.45. The number of rotatable bonds is 4. The highest BCUT2D eigenvalue weighted by atomic mass is 35.5. The molecule has 1 aromatic heterocycles. The summed E-state index contributed by atoms with van der Waals surface area (Å²) in [5.74, 6) is -0.354. The molecule has 2 rings (SSSR count). The molecule has 0 bridgehead atoms. The Balaban J connectivity index is 2.51. The Labute approximate surface area is 126 Å². The second-order valence-corrected chi connectivity index (χ2v) is 5.09. The Hall–Kier alpha value is -1.96. The number of esters is 1. The topological polar surface area (TPSA) is 98.5 Å². The van der Waals surface area contributed by atoms with Crippen molar-refractivity contribution in [2.45, 2.75) is 38.8 Å². The fourth-order valence-electron chi connectivity index (χ4n) is 2.64. The zero-order valence-corrected chi connectivity index (χ0v) is 12.5. The van der Waals surface area contributed by atoms with E-state index in [1.165, 1.54) is 6.92 Å². The minimum atomic E-state index is -0.922. The standard InChI is InChI=1S/C12H15ClN4O4/c1-3-12(21-8(2)18)5-4-6-16(12)10-9(17(19)20)7-14-11(13)15-10/h7H,3-6H2,1-2H3/t12-/m0/s1. The van der Waals surface area contributed by atoms with Crippen LogP contribution in [-0.4, -0.2) is 33.1 Å². The van der Waals surface area contributed by atoms with Crippen LogP contribution in [0.3, 0.4) is 0 Å². The molecule has 1 aliphatic rings. The molecule has 0 saturated carbocycles. The van der Waals surface area contributed by atoms with Crippen molar-refractivity contribution in [1.82, 2.24) is 9.97 Å². The fraction of sp³-hybridized carbons (Fsp3) is 0.583. The third-order valence-corrected chi connectivity index (χ3v) is 3.68. The molecule has 0 spiro atoms. The van der Waals surface area contributed by atoms with Crippen LogP contribution in [0.15, 0.2) is 6.20 Å². The number of hydrogen-bond acceptors (Lipinski definition) is 7. The van der Waals surface area contributed by atoms with Gasteiger partial charge in [-0.15, -0.1) is 0 Å². The minimum Gasteiger partial charge on any atom is -0.439 e. The van der Waals surface area contributed by atoms with Gasteiger partial charge in [0.25, 0.3) is 0 Å². The third kappa shape index (κ3) is 2.90. The lowest BCUT2D eigenvalue weighted by atomic mass is 10.1. The first-order chi connectivity index (χ1) is 9.89. The van der Waals surface area contributed by atoms with Crippen LogP contribution in [0.4, 0.5) is 11.5 Å². The summed E-state index contributed by atoms with van der Waals surface area (Å²) in [6.45, 7) is 3.67. The van der Waals surface area contributed by atoms with Crippen molar-refractivity contribution in [3.63, 3.8) is 0 Å². The summed E-state index contributed by atoms with van der Waals surface area (Å²) in [5.41, 5.74) is -1.18. The number of carbonyl (C=O) groups is 1. The van der Waals surface area contributed by atoms with Crippen molar-refractivity contribution in [3.8, 4) is 0 Å². The zero-order valence-electron chi connectivity index (χ0n) is 11.7. The maximum absolute atomic E-state index is 11.4. The van der Waals surface area contributed by atoms with E-state index in [1.54, 1.807) is 4.90 Å². The summed E-state index contributed by atoms with van der Waals surface area (Å²) in [4.78, 5) is 31.2. The Bertz CT molecular complexity index is 582. The van der Waals surface area contributed by atoms with Gasteiger partial charge in [-0.2, -0.15) is 4.98 Å². The lowest BCUT2D eigenvalue weighted by molar-refractivity contribution is -0.384. The molecule has 0 aromatic carbocycles. The van der Waals surface area contributed by atoms with Crippen molar-refractivity contribution < 1.29 is 14.5 Å². The van der Waals surface area contributed by atoms with Crippen LogP contribution in [0, 0.1) is 10.1 Å². The van der Waals surface area contributed by atoms with Crippen LogP contribution in [0.25, 0.3) is 0 Å². The minimum absolute atomic E-state index is 0.0839. The molecular weight excluding hydrogens is 300 g/mol. The molecule has 0 aliphatic carbocycles. The van der Waals surface area contributed by atoms with E-state index in [1.807, 2.05) is 6.92 Å². The monoisotopic (exact) mass is 314 g/mol. The Morgan fingerprint density at radius 1 is 1.67 bits per heavy atom. The molecule has 2 heterocycles. The summed E-state index contributed by atoms with van der Waals surface area (Å²) >= 11 is 5.76. The van der Waals surface area contributed by atoms with Crippen molar-refractivity contribution in [2.24, 2.45) is 0 Å². The van der Waals surface area contributed by atoms with E-state index < -0.39 is 16.6 Å². The van der Waals surface area contributed by atoms with E-state index in [0.29, 0.717) is 19.4 Å². The van der Waals surface area contributed by atoms with Gasteiger partial charge < -0.3 is 9.64 Å². The number of hydrogen-bond donors (Lipinski definition) is 0. The largest absolute Gasteiger partial charge is 0.439 e. The van der Waals surface area contributed by atoms with E-state index in [2.05, 4.69) is 9.97 Å². The van der Waals surface area contributed by atoms with Crippen LogP contribution in [0.1, 0.15) is 33.1 Å². The Morgan fingerprint density at radius 3 is 2.95 bits per heavy atom. The van der Waals surface area contributed by atoms with Crippen molar-refractivity contribution >= 4 is 29.1 Å². The van der Waals surface area contributed by atoms with Gasteiger partial charge in [0.15, 0.2) is 5.72 Å². The fourth-order valence-corrected chi connectivity index (χ4v) is 2.77. The van der Waals surface area contributed by atoms with Crippen LogP contribution in [0.5, 0.6) is 0 Å².